The molecule has 0 N–H and O–H groups in total. The highest BCUT2D eigenvalue weighted by Crippen LogP contribution is 2.53. The fourth-order valence-corrected chi connectivity index (χ4v) is 2.79. The van der Waals surface area contributed by atoms with Crippen LogP contribution in [-0.4, -0.2) is 24.4 Å². The average molecular weight is 334 g/mol. The van der Waals surface area contributed by atoms with Crippen LogP contribution >= 0.6 is 0 Å². The topological polar surface area (TPSA) is 26.3 Å². The fourth-order valence-electron chi connectivity index (χ4n) is 2.79. The molecule has 3 atom stereocenters. The van der Waals surface area contributed by atoms with E-state index in [2.05, 4.69) is 4.74 Å². The predicted molar refractivity (Wildman–Crippen MR) is 66.9 cm³/mol. The number of ether oxygens (including phenoxy) is 1. The molecule has 2 nitrogen and oxygen atoms in total. The van der Waals surface area contributed by atoms with Gasteiger partial charge in [-0.3, -0.25) is 4.79 Å². The SMILES string of the molecule is CCC(C(=O)O[C@H]1CC[C@@H](C)[C@H](C)C1)(C(F)(F)F)C(F)(F)F. The van der Waals surface area contributed by atoms with Gasteiger partial charge in [-0.15, -0.1) is 0 Å². The maximum absolute atomic E-state index is 13.0. The van der Waals surface area contributed by atoms with E-state index >= 15 is 0 Å². The summed E-state index contributed by atoms with van der Waals surface area (Å²) in [5.41, 5.74) is -4.45. The summed E-state index contributed by atoms with van der Waals surface area (Å²) >= 11 is 0. The highest BCUT2D eigenvalue weighted by atomic mass is 19.4. The molecule has 130 valence electrons. The standard InChI is InChI=1S/C14H20F6O2/c1-4-12(13(15,16)17,14(18,19)20)11(21)22-10-6-5-8(2)9(3)7-10/h8-10H,4-7H2,1-3H3/t8-,9-,10+/m1/s1. The van der Waals surface area contributed by atoms with Crippen LogP contribution in [0.25, 0.3) is 0 Å². The third-order valence-electron chi connectivity index (χ3n) is 4.67. The van der Waals surface area contributed by atoms with E-state index in [9.17, 15) is 31.1 Å². The van der Waals surface area contributed by atoms with Crippen molar-refractivity contribution in [3.63, 3.8) is 0 Å². The number of carbonyl (C=O) groups is 1. The van der Waals surface area contributed by atoms with Gasteiger partial charge in [-0.2, -0.15) is 26.3 Å². The van der Waals surface area contributed by atoms with E-state index in [1.165, 1.54) is 0 Å². The Morgan fingerprint density at radius 2 is 1.50 bits per heavy atom. The van der Waals surface area contributed by atoms with Crippen LogP contribution in [-0.2, 0) is 9.53 Å². The molecule has 0 radical (unpaired) electrons. The van der Waals surface area contributed by atoms with E-state index < -0.39 is 36.3 Å². The number of alkyl halides is 6. The maximum atomic E-state index is 13.0. The molecule has 0 bridgehead atoms. The zero-order chi connectivity index (χ0) is 17.3. The Bertz CT molecular complexity index is 387. The Morgan fingerprint density at radius 3 is 1.86 bits per heavy atom. The van der Waals surface area contributed by atoms with Crippen molar-refractivity contribution in [1.29, 1.82) is 0 Å². The molecular weight excluding hydrogens is 314 g/mol. The molecule has 0 amide bonds. The van der Waals surface area contributed by atoms with Crippen LogP contribution < -0.4 is 0 Å². The fraction of sp³-hybridized carbons (Fsp3) is 0.929. The zero-order valence-corrected chi connectivity index (χ0v) is 12.6. The van der Waals surface area contributed by atoms with E-state index in [1.807, 2.05) is 13.8 Å². The molecule has 0 saturated heterocycles. The average Bonchev–Trinajstić information content (AvgIpc) is 2.31. The molecule has 8 heteroatoms. The maximum Gasteiger partial charge on any atom is 0.413 e. The van der Waals surface area contributed by atoms with Gasteiger partial charge in [0.1, 0.15) is 6.10 Å². The number of rotatable bonds is 3. The summed E-state index contributed by atoms with van der Waals surface area (Å²) in [5.74, 6) is -1.85. The minimum absolute atomic E-state index is 0.0827. The van der Waals surface area contributed by atoms with Crippen LogP contribution in [0, 0.1) is 17.3 Å². The number of hydrogen-bond donors (Lipinski definition) is 0. The lowest BCUT2D eigenvalue weighted by atomic mass is 9.79. The Balaban J connectivity index is 3.00. The second kappa shape index (κ2) is 6.28. The minimum Gasteiger partial charge on any atom is -0.461 e. The second-order valence-electron chi connectivity index (χ2n) is 6.05. The first kappa shape index (κ1) is 19.1. The molecule has 1 aliphatic rings. The normalized spacial score (nSPS) is 27.6. The van der Waals surface area contributed by atoms with Gasteiger partial charge < -0.3 is 4.74 Å². The predicted octanol–water partition coefficient (Wildman–Crippen LogP) is 4.88. The smallest absolute Gasteiger partial charge is 0.413 e. The van der Waals surface area contributed by atoms with E-state index in [1.54, 1.807) is 0 Å². The van der Waals surface area contributed by atoms with Crippen LogP contribution in [0.2, 0.25) is 0 Å². The summed E-state index contributed by atoms with van der Waals surface area (Å²) in [6.07, 6.45) is -12.6. The van der Waals surface area contributed by atoms with Crippen molar-refractivity contribution < 1.29 is 35.9 Å². The van der Waals surface area contributed by atoms with Gasteiger partial charge in [-0.05, 0) is 37.5 Å². The summed E-state index contributed by atoms with van der Waals surface area (Å²) in [6.45, 7) is 4.48. The summed E-state index contributed by atoms with van der Waals surface area (Å²) < 4.78 is 82.6. The van der Waals surface area contributed by atoms with Gasteiger partial charge in [0.15, 0.2) is 0 Å². The van der Waals surface area contributed by atoms with E-state index in [-0.39, 0.29) is 18.8 Å². The molecule has 1 fully saturated rings. The Labute approximate surface area is 125 Å². The van der Waals surface area contributed by atoms with Crippen molar-refractivity contribution in [3.05, 3.63) is 0 Å². The first-order valence-electron chi connectivity index (χ1n) is 7.21. The van der Waals surface area contributed by atoms with Crippen molar-refractivity contribution >= 4 is 5.97 Å². The molecule has 0 aromatic heterocycles. The minimum atomic E-state index is -5.75. The highest BCUT2D eigenvalue weighted by molar-refractivity contribution is 5.79. The lowest BCUT2D eigenvalue weighted by Gasteiger charge is -2.37. The largest absolute Gasteiger partial charge is 0.461 e. The molecule has 1 saturated carbocycles. The lowest BCUT2D eigenvalue weighted by molar-refractivity contribution is -0.334. The first-order valence-corrected chi connectivity index (χ1v) is 7.21. The molecule has 0 aromatic carbocycles. The van der Waals surface area contributed by atoms with Crippen LogP contribution in [0.5, 0.6) is 0 Å². The van der Waals surface area contributed by atoms with Gasteiger partial charge in [0.05, 0.1) is 0 Å². The molecule has 0 spiro atoms. The van der Waals surface area contributed by atoms with Crippen molar-refractivity contribution in [2.75, 3.05) is 0 Å². The first-order chi connectivity index (χ1) is 9.86. The molecule has 1 rings (SSSR count). The number of carbonyl (C=O) groups excluding carboxylic acids is 1. The van der Waals surface area contributed by atoms with Crippen molar-refractivity contribution in [3.8, 4) is 0 Å². The highest BCUT2D eigenvalue weighted by Gasteiger charge is 2.75. The number of esters is 1. The number of halogens is 6. The van der Waals surface area contributed by atoms with Crippen molar-refractivity contribution in [2.45, 2.75) is 64.9 Å². The third kappa shape index (κ3) is 3.35. The van der Waals surface area contributed by atoms with Gasteiger partial charge in [-0.1, -0.05) is 20.8 Å². The van der Waals surface area contributed by atoms with Gasteiger partial charge in [0.25, 0.3) is 5.41 Å². The van der Waals surface area contributed by atoms with Gasteiger partial charge in [0, 0.05) is 0 Å². The summed E-state index contributed by atoms with van der Waals surface area (Å²) in [7, 11) is 0. The zero-order valence-electron chi connectivity index (χ0n) is 12.6. The quantitative estimate of drug-likeness (QED) is 0.543. The van der Waals surface area contributed by atoms with E-state index in [4.69, 9.17) is 0 Å². The van der Waals surface area contributed by atoms with Gasteiger partial charge in [-0.25, -0.2) is 0 Å². The van der Waals surface area contributed by atoms with Crippen LogP contribution in [0.1, 0.15) is 46.5 Å². The van der Waals surface area contributed by atoms with Crippen LogP contribution in [0.4, 0.5) is 26.3 Å². The second-order valence-corrected chi connectivity index (χ2v) is 6.05. The summed E-state index contributed by atoms with van der Waals surface area (Å²) in [5, 5.41) is 0. The lowest BCUT2D eigenvalue weighted by Crippen LogP contribution is -2.56. The van der Waals surface area contributed by atoms with E-state index in [0.29, 0.717) is 19.3 Å². The Hall–Kier alpha value is -0.950. The molecule has 0 unspecified atom stereocenters. The molecule has 0 aliphatic heterocycles. The van der Waals surface area contributed by atoms with Crippen LogP contribution in [0.15, 0.2) is 0 Å². The van der Waals surface area contributed by atoms with E-state index in [0.717, 1.165) is 0 Å². The molecule has 0 aromatic rings. The molecule has 0 heterocycles. The van der Waals surface area contributed by atoms with Crippen molar-refractivity contribution in [2.24, 2.45) is 17.3 Å². The Morgan fingerprint density at radius 1 is 1.00 bits per heavy atom. The van der Waals surface area contributed by atoms with Gasteiger partial charge >= 0.3 is 18.3 Å². The Kier molecular flexibility index (Phi) is 5.45. The van der Waals surface area contributed by atoms with Crippen LogP contribution in [0.3, 0.4) is 0 Å². The van der Waals surface area contributed by atoms with Gasteiger partial charge in [0.2, 0.25) is 0 Å². The monoisotopic (exact) mass is 334 g/mol. The summed E-state index contributed by atoms with van der Waals surface area (Å²) in [6, 6.07) is 0. The summed E-state index contributed by atoms with van der Waals surface area (Å²) in [4.78, 5) is 11.8. The van der Waals surface area contributed by atoms with Crippen molar-refractivity contribution in [1.82, 2.24) is 0 Å². The molecule has 1 aliphatic carbocycles. The number of hydrogen-bond acceptors (Lipinski definition) is 2. The third-order valence-corrected chi connectivity index (χ3v) is 4.67. The molecular formula is C14H20F6O2. The molecule has 22 heavy (non-hydrogen) atoms.